The highest BCUT2D eigenvalue weighted by Crippen LogP contribution is 2.40. The fraction of sp³-hybridized carbons (Fsp3) is 0.381. The van der Waals surface area contributed by atoms with Crippen molar-refractivity contribution in [3.8, 4) is 0 Å². The van der Waals surface area contributed by atoms with E-state index in [-0.39, 0.29) is 11.6 Å². The van der Waals surface area contributed by atoms with Gasteiger partial charge < -0.3 is 10.6 Å². The zero-order chi connectivity index (χ0) is 16.4. The van der Waals surface area contributed by atoms with Crippen LogP contribution in [0.1, 0.15) is 50.6 Å². The lowest BCUT2D eigenvalue weighted by molar-refractivity contribution is 0.402. The average Bonchev–Trinajstić information content (AvgIpc) is 2.64. The summed E-state index contributed by atoms with van der Waals surface area (Å²) in [7, 11) is 0. The van der Waals surface area contributed by atoms with Gasteiger partial charge in [0, 0.05) is 0 Å². The van der Waals surface area contributed by atoms with Gasteiger partial charge in [0.25, 0.3) is 0 Å². The van der Waals surface area contributed by atoms with E-state index in [1.807, 2.05) is 0 Å². The predicted octanol–water partition coefficient (Wildman–Crippen LogP) is 5.39. The molecular formula is C21H25N3. The first-order chi connectivity index (χ1) is 11.8. The summed E-state index contributed by atoms with van der Waals surface area (Å²) in [4.78, 5) is 5.13. The molecule has 0 radical (unpaired) electrons. The molecule has 2 aromatic carbocycles. The number of hydrogen-bond donors (Lipinski definition) is 2. The molecule has 1 aliphatic carbocycles. The third-order valence-corrected chi connectivity index (χ3v) is 5.32. The molecule has 1 fully saturated rings. The molecule has 1 saturated carbocycles. The largest absolute Gasteiger partial charge is 0.371 e. The minimum atomic E-state index is -0.0321. The quantitative estimate of drug-likeness (QED) is 0.779. The van der Waals surface area contributed by atoms with Crippen LogP contribution in [0, 0.1) is 0 Å². The van der Waals surface area contributed by atoms with Gasteiger partial charge in [-0.25, -0.2) is 0 Å². The van der Waals surface area contributed by atoms with E-state index < -0.39 is 0 Å². The summed E-state index contributed by atoms with van der Waals surface area (Å²) in [6.45, 7) is 2.18. The van der Waals surface area contributed by atoms with Crippen molar-refractivity contribution in [1.29, 1.82) is 0 Å². The SMILES string of the molecule is CC(N=C1Nc2ccccc2NC12CCCCC2)c1ccccc1. The van der Waals surface area contributed by atoms with E-state index in [2.05, 4.69) is 72.2 Å². The van der Waals surface area contributed by atoms with E-state index in [0.717, 1.165) is 24.4 Å². The molecule has 0 amide bonds. The zero-order valence-corrected chi connectivity index (χ0v) is 14.3. The fourth-order valence-corrected chi connectivity index (χ4v) is 3.94. The highest BCUT2D eigenvalue weighted by atomic mass is 15.2. The fourth-order valence-electron chi connectivity index (χ4n) is 3.94. The first-order valence-corrected chi connectivity index (χ1v) is 9.04. The first kappa shape index (κ1) is 15.3. The van der Waals surface area contributed by atoms with Crippen LogP contribution in [0.5, 0.6) is 0 Å². The van der Waals surface area contributed by atoms with Crippen LogP contribution < -0.4 is 10.6 Å². The predicted molar refractivity (Wildman–Crippen MR) is 102 cm³/mol. The molecule has 1 aliphatic heterocycles. The Morgan fingerprint density at radius 1 is 0.875 bits per heavy atom. The Hall–Kier alpha value is -2.29. The van der Waals surface area contributed by atoms with E-state index >= 15 is 0 Å². The maximum Gasteiger partial charge on any atom is 0.127 e. The lowest BCUT2D eigenvalue weighted by Crippen LogP contribution is -2.53. The van der Waals surface area contributed by atoms with Crippen LogP contribution in [-0.2, 0) is 0 Å². The van der Waals surface area contributed by atoms with Crippen molar-refractivity contribution in [2.24, 2.45) is 4.99 Å². The Balaban J connectivity index is 1.72. The number of amidine groups is 1. The van der Waals surface area contributed by atoms with Gasteiger partial charge in [0.05, 0.1) is 23.0 Å². The molecular weight excluding hydrogens is 294 g/mol. The number of rotatable bonds is 2. The van der Waals surface area contributed by atoms with Crippen LogP contribution in [0.25, 0.3) is 0 Å². The lowest BCUT2D eigenvalue weighted by atomic mass is 9.79. The Bertz CT molecular complexity index is 730. The highest BCUT2D eigenvalue weighted by Gasteiger charge is 2.41. The summed E-state index contributed by atoms with van der Waals surface area (Å²) in [6, 6.07) is 19.2. The molecule has 0 aromatic heterocycles. The van der Waals surface area contributed by atoms with Gasteiger partial charge in [-0.2, -0.15) is 0 Å². The Morgan fingerprint density at radius 2 is 1.54 bits per heavy atom. The zero-order valence-electron chi connectivity index (χ0n) is 14.3. The minimum absolute atomic E-state index is 0.0321. The number of nitrogens with one attached hydrogen (secondary N) is 2. The molecule has 1 unspecified atom stereocenters. The Morgan fingerprint density at radius 3 is 2.29 bits per heavy atom. The van der Waals surface area contributed by atoms with Crippen molar-refractivity contribution in [3.05, 3.63) is 60.2 Å². The molecule has 1 spiro atoms. The lowest BCUT2D eigenvalue weighted by Gasteiger charge is -2.44. The summed E-state index contributed by atoms with van der Waals surface area (Å²) >= 11 is 0. The monoisotopic (exact) mass is 319 g/mol. The van der Waals surface area contributed by atoms with Crippen LogP contribution in [0.4, 0.5) is 11.4 Å². The van der Waals surface area contributed by atoms with E-state index in [9.17, 15) is 0 Å². The Labute approximate surface area is 144 Å². The molecule has 4 rings (SSSR count). The van der Waals surface area contributed by atoms with Crippen LogP contribution in [0.2, 0.25) is 0 Å². The van der Waals surface area contributed by atoms with E-state index in [1.54, 1.807) is 0 Å². The highest BCUT2D eigenvalue weighted by molar-refractivity contribution is 6.09. The molecule has 2 aliphatic rings. The van der Waals surface area contributed by atoms with E-state index in [0.29, 0.717) is 0 Å². The van der Waals surface area contributed by atoms with E-state index in [4.69, 9.17) is 4.99 Å². The third-order valence-electron chi connectivity index (χ3n) is 5.32. The van der Waals surface area contributed by atoms with Gasteiger partial charge in [0.15, 0.2) is 0 Å². The summed E-state index contributed by atoms with van der Waals surface area (Å²) < 4.78 is 0. The molecule has 3 heteroatoms. The second-order valence-electron chi connectivity index (χ2n) is 7.00. The molecule has 2 aromatic rings. The summed E-state index contributed by atoms with van der Waals surface area (Å²) in [5, 5.41) is 7.47. The molecule has 24 heavy (non-hydrogen) atoms. The van der Waals surface area contributed by atoms with Gasteiger partial charge in [-0.3, -0.25) is 4.99 Å². The van der Waals surface area contributed by atoms with Crippen LogP contribution in [0.3, 0.4) is 0 Å². The minimum Gasteiger partial charge on any atom is -0.371 e. The second kappa shape index (κ2) is 6.31. The van der Waals surface area contributed by atoms with E-state index in [1.165, 1.54) is 30.5 Å². The third kappa shape index (κ3) is 2.79. The normalized spacial score (nSPS) is 21.6. The van der Waals surface area contributed by atoms with Crippen molar-refractivity contribution in [1.82, 2.24) is 0 Å². The number of aliphatic imine (C=N–C) groups is 1. The average molecular weight is 319 g/mol. The molecule has 0 bridgehead atoms. The second-order valence-corrected chi connectivity index (χ2v) is 7.00. The topological polar surface area (TPSA) is 36.4 Å². The molecule has 1 atom stereocenters. The van der Waals surface area contributed by atoms with Gasteiger partial charge in [0.2, 0.25) is 0 Å². The summed E-state index contributed by atoms with van der Waals surface area (Å²) in [5.41, 5.74) is 3.56. The van der Waals surface area contributed by atoms with Gasteiger partial charge in [-0.15, -0.1) is 0 Å². The number of benzene rings is 2. The van der Waals surface area contributed by atoms with Crippen molar-refractivity contribution < 1.29 is 0 Å². The van der Waals surface area contributed by atoms with Crippen LogP contribution in [0.15, 0.2) is 59.6 Å². The molecule has 2 N–H and O–H groups in total. The maximum absolute atomic E-state index is 5.13. The molecule has 3 nitrogen and oxygen atoms in total. The molecule has 0 saturated heterocycles. The van der Waals surface area contributed by atoms with Crippen molar-refractivity contribution in [2.45, 2.75) is 50.6 Å². The number of para-hydroxylation sites is 2. The number of hydrogen-bond acceptors (Lipinski definition) is 2. The van der Waals surface area contributed by atoms with Gasteiger partial charge in [0.1, 0.15) is 5.84 Å². The number of fused-ring (bicyclic) bond motifs is 1. The van der Waals surface area contributed by atoms with Crippen LogP contribution in [-0.4, -0.2) is 11.4 Å². The molecule has 1 heterocycles. The smallest absolute Gasteiger partial charge is 0.127 e. The van der Waals surface area contributed by atoms with Gasteiger partial charge in [-0.1, -0.05) is 61.7 Å². The number of nitrogens with zero attached hydrogens (tertiary/aromatic N) is 1. The summed E-state index contributed by atoms with van der Waals surface area (Å²) in [6.07, 6.45) is 6.14. The maximum atomic E-state index is 5.13. The first-order valence-electron chi connectivity index (χ1n) is 9.04. The van der Waals surface area contributed by atoms with Gasteiger partial charge in [-0.05, 0) is 37.5 Å². The summed E-state index contributed by atoms with van der Waals surface area (Å²) in [5.74, 6) is 1.11. The van der Waals surface area contributed by atoms with Crippen molar-refractivity contribution in [2.75, 3.05) is 10.6 Å². The number of anilines is 2. The standard InChI is InChI=1S/C21H25N3/c1-16(17-10-4-2-5-11-17)22-20-21(14-8-3-9-15-21)24-19-13-7-6-12-18(19)23-20/h2,4-7,10-13,16,24H,3,8-9,14-15H2,1H3,(H,22,23). The van der Waals surface area contributed by atoms with Gasteiger partial charge >= 0.3 is 0 Å². The van der Waals surface area contributed by atoms with Crippen LogP contribution >= 0.6 is 0 Å². The van der Waals surface area contributed by atoms with Crippen molar-refractivity contribution >= 4 is 17.2 Å². The Kier molecular flexibility index (Phi) is 4.01. The molecule has 124 valence electrons. The van der Waals surface area contributed by atoms with Crippen molar-refractivity contribution in [3.63, 3.8) is 0 Å².